The fourth-order valence-electron chi connectivity index (χ4n) is 2.12. The standard InChI is InChI=1S/C11H16N2O3/c1-7(2)13-9(3-5-12-13)10-8(11(14)15)4-6-16-10/h3,5,7-8,10H,4,6H2,1-2H3,(H,14,15). The fraction of sp³-hybridized carbons (Fsp3) is 0.636. The Balaban J connectivity index is 2.29. The zero-order valence-corrected chi connectivity index (χ0v) is 9.46. The Morgan fingerprint density at radius 1 is 1.69 bits per heavy atom. The number of carbonyl (C=O) groups is 1. The number of hydrogen-bond donors (Lipinski definition) is 1. The number of rotatable bonds is 3. The molecule has 1 N–H and O–H groups in total. The van der Waals surface area contributed by atoms with E-state index in [1.807, 2.05) is 24.6 Å². The highest BCUT2D eigenvalue weighted by atomic mass is 16.5. The Bertz CT molecular complexity index is 386. The van der Waals surface area contributed by atoms with Crippen LogP contribution in [0.3, 0.4) is 0 Å². The lowest BCUT2D eigenvalue weighted by Gasteiger charge is -2.18. The third kappa shape index (κ3) is 1.82. The van der Waals surface area contributed by atoms with Crippen LogP contribution in [0.5, 0.6) is 0 Å². The molecule has 2 atom stereocenters. The molecule has 1 aliphatic heterocycles. The van der Waals surface area contributed by atoms with Gasteiger partial charge in [-0.2, -0.15) is 5.10 Å². The van der Waals surface area contributed by atoms with Crippen molar-refractivity contribution in [3.63, 3.8) is 0 Å². The van der Waals surface area contributed by atoms with Crippen molar-refractivity contribution in [2.24, 2.45) is 5.92 Å². The van der Waals surface area contributed by atoms with Crippen molar-refractivity contribution in [1.82, 2.24) is 9.78 Å². The number of carboxylic acid groups (broad SMARTS) is 1. The molecular weight excluding hydrogens is 208 g/mol. The molecule has 0 spiro atoms. The highest BCUT2D eigenvalue weighted by Crippen LogP contribution is 2.35. The van der Waals surface area contributed by atoms with E-state index in [0.717, 1.165) is 5.69 Å². The van der Waals surface area contributed by atoms with Gasteiger partial charge >= 0.3 is 5.97 Å². The molecule has 1 saturated heterocycles. The summed E-state index contributed by atoms with van der Waals surface area (Å²) in [5, 5.41) is 13.3. The average Bonchev–Trinajstić information content (AvgIpc) is 2.85. The Hall–Kier alpha value is -1.36. The zero-order chi connectivity index (χ0) is 11.7. The van der Waals surface area contributed by atoms with E-state index in [4.69, 9.17) is 9.84 Å². The summed E-state index contributed by atoms with van der Waals surface area (Å²) in [5.41, 5.74) is 0.861. The highest BCUT2D eigenvalue weighted by molar-refractivity contribution is 5.71. The van der Waals surface area contributed by atoms with Crippen LogP contribution in [-0.4, -0.2) is 27.5 Å². The van der Waals surface area contributed by atoms with Crippen molar-refractivity contribution >= 4 is 5.97 Å². The van der Waals surface area contributed by atoms with Gasteiger partial charge in [-0.15, -0.1) is 0 Å². The first-order valence-electron chi connectivity index (χ1n) is 5.49. The molecular formula is C11H16N2O3. The molecule has 88 valence electrons. The maximum atomic E-state index is 11.1. The van der Waals surface area contributed by atoms with E-state index in [1.54, 1.807) is 6.20 Å². The number of aromatic nitrogens is 2. The van der Waals surface area contributed by atoms with Crippen molar-refractivity contribution in [1.29, 1.82) is 0 Å². The molecule has 16 heavy (non-hydrogen) atoms. The van der Waals surface area contributed by atoms with Crippen molar-refractivity contribution in [2.45, 2.75) is 32.4 Å². The minimum Gasteiger partial charge on any atom is -0.481 e. The lowest BCUT2D eigenvalue weighted by atomic mass is 9.99. The predicted octanol–water partition coefficient (Wildman–Crippen LogP) is 1.63. The van der Waals surface area contributed by atoms with Crippen molar-refractivity contribution in [3.8, 4) is 0 Å². The predicted molar refractivity (Wildman–Crippen MR) is 57.0 cm³/mol. The van der Waals surface area contributed by atoms with E-state index < -0.39 is 11.9 Å². The van der Waals surface area contributed by atoms with Crippen LogP contribution in [0.15, 0.2) is 12.3 Å². The smallest absolute Gasteiger partial charge is 0.309 e. The number of nitrogens with zero attached hydrogens (tertiary/aromatic N) is 2. The van der Waals surface area contributed by atoms with E-state index in [9.17, 15) is 4.79 Å². The molecule has 1 aliphatic rings. The van der Waals surface area contributed by atoms with Gasteiger partial charge in [-0.25, -0.2) is 0 Å². The summed E-state index contributed by atoms with van der Waals surface area (Å²) in [4.78, 5) is 11.1. The minimum absolute atomic E-state index is 0.212. The molecule has 2 rings (SSSR count). The molecule has 1 aromatic heterocycles. The number of ether oxygens (including phenoxy) is 1. The third-order valence-corrected chi connectivity index (χ3v) is 2.89. The molecule has 0 aromatic carbocycles. The van der Waals surface area contributed by atoms with Gasteiger partial charge in [0.2, 0.25) is 0 Å². The zero-order valence-electron chi connectivity index (χ0n) is 9.46. The molecule has 0 saturated carbocycles. The summed E-state index contributed by atoms with van der Waals surface area (Å²) < 4.78 is 7.35. The van der Waals surface area contributed by atoms with Gasteiger partial charge in [-0.1, -0.05) is 0 Å². The van der Waals surface area contributed by atoms with Gasteiger partial charge in [-0.3, -0.25) is 9.48 Å². The SMILES string of the molecule is CC(C)n1nccc1C1OCCC1C(=O)O. The normalized spacial score (nSPS) is 25.2. The van der Waals surface area contributed by atoms with Gasteiger partial charge in [0.05, 0.1) is 11.6 Å². The second-order valence-electron chi connectivity index (χ2n) is 4.32. The summed E-state index contributed by atoms with van der Waals surface area (Å²) in [7, 11) is 0. The van der Waals surface area contributed by atoms with Crippen LogP contribution in [-0.2, 0) is 9.53 Å². The maximum absolute atomic E-state index is 11.1. The van der Waals surface area contributed by atoms with Gasteiger partial charge in [0.25, 0.3) is 0 Å². The molecule has 0 radical (unpaired) electrons. The van der Waals surface area contributed by atoms with Crippen LogP contribution in [0.25, 0.3) is 0 Å². The molecule has 1 fully saturated rings. The molecule has 5 nitrogen and oxygen atoms in total. The maximum Gasteiger partial charge on any atom is 0.309 e. The Morgan fingerprint density at radius 3 is 3.06 bits per heavy atom. The fourth-order valence-corrected chi connectivity index (χ4v) is 2.12. The van der Waals surface area contributed by atoms with Crippen LogP contribution in [0.2, 0.25) is 0 Å². The first kappa shape index (κ1) is 11.1. The Labute approximate surface area is 94.0 Å². The molecule has 0 aliphatic carbocycles. The summed E-state index contributed by atoms with van der Waals surface area (Å²) in [5.74, 6) is -1.24. The first-order chi connectivity index (χ1) is 7.61. The summed E-state index contributed by atoms with van der Waals surface area (Å²) >= 11 is 0. The van der Waals surface area contributed by atoms with Gasteiger partial charge in [0.15, 0.2) is 0 Å². The van der Waals surface area contributed by atoms with Crippen LogP contribution in [0.1, 0.15) is 38.1 Å². The highest BCUT2D eigenvalue weighted by Gasteiger charge is 2.37. The first-order valence-corrected chi connectivity index (χ1v) is 5.49. The molecule has 0 amide bonds. The summed E-state index contributed by atoms with van der Waals surface area (Å²) in [6.45, 7) is 4.54. The minimum atomic E-state index is -0.793. The van der Waals surface area contributed by atoms with Crippen molar-refractivity contribution in [3.05, 3.63) is 18.0 Å². The quantitative estimate of drug-likeness (QED) is 0.847. The summed E-state index contributed by atoms with van der Waals surface area (Å²) in [6, 6.07) is 2.05. The van der Waals surface area contributed by atoms with Gasteiger partial charge in [0, 0.05) is 18.8 Å². The second-order valence-corrected chi connectivity index (χ2v) is 4.32. The van der Waals surface area contributed by atoms with Crippen LogP contribution in [0, 0.1) is 5.92 Å². The third-order valence-electron chi connectivity index (χ3n) is 2.89. The molecule has 0 bridgehead atoms. The monoisotopic (exact) mass is 224 g/mol. The number of carboxylic acids is 1. The second kappa shape index (κ2) is 4.25. The molecule has 2 unspecified atom stereocenters. The lowest BCUT2D eigenvalue weighted by Crippen LogP contribution is -2.21. The summed E-state index contributed by atoms with van der Waals surface area (Å²) in [6.07, 6.45) is 1.90. The Kier molecular flexibility index (Phi) is 2.96. The van der Waals surface area contributed by atoms with E-state index in [2.05, 4.69) is 5.10 Å². The van der Waals surface area contributed by atoms with Crippen molar-refractivity contribution < 1.29 is 14.6 Å². The van der Waals surface area contributed by atoms with Crippen molar-refractivity contribution in [2.75, 3.05) is 6.61 Å². The molecule has 5 heteroatoms. The Morgan fingerprint density at radius 2 is 2.44 bits per heavy atom. The van der Waals surface area contributed by atoms with E-state index in [-0.39, 0.29) is 12.1 Å². The topological polar surface area (TPSA) is 64.4 Å². The van der Waals surface area contributed by atoms with E-state index >= 15 is 0 Å². The van der Waals surface area contributed by atoms with Gasteiger partial charge in [-0.05, 0) is 26.3 Å². The number of aliphatic carboxylic acids is 1. The number of hydrogen-bond acceptors (Lipinski definition) is 3. The van der Waals surface area contributed by atoms with Crippen LogP contribution in [0.4, 0.5) is 0 Å². The van der Waals surface area contributed by atoms with Crippen LogP contribution >= 0.6 is 0 Å². The molecule has 1 aromatic rings. The van der Waals surface area contributed by atoms with E-state index in [0.29, 0.717) is 13.0 Å². The lowest BCUT2D eigenvalue weighted by molar-refractivity contribution is -0.143. The molecule has 2 heterocycles. The average molecular weight is 224 g/mol. The van der Waals surface area contributed by atoms with Gasteiger partial charge in [0.1, 0.15) is 6.10 Å². The van der Waals surface area contributed by atoms with Gasteiger partial charge < -0.3 is 9.84 Å². The van der Waals surface area contributed by atoms with E-state index in [1.165, 1.54) is 0 Å². The largest absolute Gasteiger partial charge is 0.481 e. The van der Waals surface area contributed by atoms with Crippen LogP contribution < -0.4 is 0 Å².